The molecule has 2 aromatic heterocycles. The molecule has 0 radical (unpaired) electrons. The van der Waals surface area contributed by atoms with Crippen LogP contribution in [0.2, 0.25) is 0 Å². The molecule has 0 aliphatic carbocycles. The van der Waals surface area contributed by atoms with Gasteiger partial charge in [-0.1, -0.05) is 24.3 Å². The molecule has 3 heterocycles. The van der Waals surface area contributed by atoms with E-state index in [0.717, 1.165) is 49.1 Å². The van der Waals surface area contributed by atoms with Crippen LogP contribution in [0, 0.1) is 0 Å². The van der Waals surface area contributed by atoms with Crippen LogP contribution in [0.25, 0.3) is 11.0 Å². The molecular weight excluding hydrogens is 340 g/mol. The van der Waals surface area contributed by atoms with E-state index < -0.39 is 0 Å². The molecule has 1 aliphatic rings. The molecule has 0 saturated carbocycles. The highest BCUT2D eigenvalue weighted by Crippen LogP contribution is 2.16. The Labute approximate surface area is 158 Å². The minimum Gasteiger partial charge on any atom is -0.393 e. The average molecular weight is 364 g/mol. The first kappa shape index (κ1) is 17.7. The van der Waals surface area contributed by atoms with E-state index in [0.29, 0.717) is 12.1 Å². The highest BCUT2D eigenvalue weighted by molar-refractivity contribution is 6.05. The summed E-state index contributed by atoms with van der Waals surface area (Å²) in [5.41, 5.74) is 3.67. The summed E-state index contributed by atoms with van der Waals surface area (Å²) in [5, 5.41) is 13.4. The van der Waals surface area contributed by atoms with Crippen molar-refractivity contribution in [2.24, 2.45) is 0 Å². The number of nitrogens with one attached hydrogen (secondary N) is 2. The van der Waals surface area contributed by atoms with Gasteiger partial charge < -0.3 is 15.4 Å². The predicted octanol–water partition coefficient (Wildman–Crippen LogP) is 2.45. The number of rotatable bonds is 5. The van der Waals surface area contributed by atoms with Gasteiger partial charge in [0.15, 0.2) is 0 Å². The molecule has 1 saturated heterocycles. The summed E-state index contributed by atoms with van der Waals surface area (Å²) in [7, 11) is 0. The number of nitrogens with zero attached hydrogens (tertiary/aromatic N) is 2. The Hall–Kier alpha value is -2.70. The molecule has 3 N–H and O–H groups in total. The third-order valence-corrected chi connectivity index (χ3v) is 5.14. The Kier molecular flexibility index (Phi) is 5.18. The second-order valence-corrected chi connectivity index (χ2v) is 7.10. The molecule has 140 valence electrons. The van der Waals surface area contributed by atoms with Gasteiger partial charge in [0, 0.05) is 44.0 Å². The molecule has 0 bridgehead atoms. The van der Waals surface area contributed by atoms with Crippen LogP contribution in [-0.2, 0) is 13.1 Å². The number of amides is 1. The zero-order valence-electron chi connectivity index (χ0n) is 15.2. The van der Waals surface area contributed by atoms with Crippen LogP contribution >= 0.6 is 0 Å². The third kappa shape index (κ3) is 4.18. The maximum atomic E-state index is 12.5. The second kappa shape index (κ2) is 7.90. The molecule has 27 heavy (non-hydrogen) atoms. The number of hydrogen-bond acceptors (Lipinski definition) is 4. The summed E-state index contributed by atoms with van der Waals surface area (Å²) in [6, 6.07) is 12.0. The van der Waals surface area contributed by atoms with Crippen LogP contribution < -0.4 is 5.32 Å². The molecule has 1 fully saturated rings. The Bertz CT molecular complexity index is 911. The Balaban J connectivity index is 1.33. The van der Waals surface area contributed by atoms with Crippen molar-refractivity contribution in [3.05, 3.63) is 65.5 Å². The summed E-state index contributed by atoms with van der Waals surface area (Å²) in [4.78, 5) is 22.1. The topological polar surface area (TPSA) is 81.2 Å². The third-order valence-electron chi connectivity index (χ3n) is 5.14. The lowest BCUT2D eigenvalue weighted by molar-refractivity contribution is 0.0792. The van der Waals surface area contributed by atoms with Gasteiger partial charge in [0.05, 0.1) is 11.7 Å². The number of aromatic nitrogens is 2. The maximum absolute atomic E-state index is 12.5. The van der Waals surface area contributed by atoms with Gasteiger partial charge in [-0.15, -0.1) is 0 Å². The number of likely N-dealkylation sites (tertiary alicyclic amines) is 1. The number of pyridine rings is 1. The van der Waals surface area contributed by atoms with Crippen LogP contribution in [0.4, 0.5) is 0 Å². The largest absolute Gasteiger partial charge is 0.393 e. The number of carbonyl (C=O) groups excluding carboxylic acids is 1. The van der Waals surface area contributed by atoms with Gasteiger partial charge in [-0.25, -0.2) is 4.98 Å². The SMILES string of the molecule is O=C(NCc1ccc(CN2CCC(O)CC2)cc1)c1ccnc2[nH]ccc12. The lowest BCUT2D eigenvalue weighted by atomic mass is 10.1. The quantitative estimate of drug-likeness (QED) is 0.650. The van der Waals surface area contributed by atoms with Gasteiger partial charge in [0.25, 0.3) is 5.91 Å². The zero-order valence-corrected chi connectivity index (χ0v) is 15.2. The van der Waals surface area contributed by atoms with Crippen LogP contribution in [0.1, 0.15) is 34.3 Å². The van der Waals surface area contributed by atoms with E-state index in [4.69, 9.17) is 0 Å². The molecule has 6 nitrogen and oxygen atoms in total. The Morgan fingerprint density at radius 3 is 2.67 bits per heavy atom. The van der Waals surface area contributed by atoms with Crippen molar-refractivity contribution in [3.8, 4) is 0 Å². The number of piperidine rings is 1. The molecular formula is C21H24N4O2. The molecule has 0 unspecified atom stereocenters. The highest BCUT2D eigenvalue weighted by atomic mass is 16.3. The van der Waals surface area contributed by atoms with Crippen molar-refractivity contribution in [1.29, 1.82) is 0 Å². The first-order valence-corrected chi connectivity index (χ1v) is 9.37. The van der Waals surface area contributed by atoms with Gasteiger partial charge in [0.1, 0.15) is 5.65 Å². The maximum Gasteiger partial charge on any atom is 0.252 e. The Morgan fingerprint density at radius 2 is 1.89 bits per heavy atom. The highest BCUT2D eigenvalue weighted by Gasteiger charge is 2.16. The van der Waals surface area contributed by atoms with E-state index in [1.807, 2.05) is 6.07 Å². The first-order valence-electron chi connectivity index (χ1n) is 9.37. The van der Waals surface area contributed by atoms with Gasteiger partial charge in [-0.3, -0.25) is 9.69 Å². The number of H-pyrrole nitrogens is 1. The monoisotopic (exact) mass is 364 g/mol. The van der Waals surface area contributed by atoms with E-state index >= 15 is 0 Å². The van der Waals surface area contributed by atoms with Gasteiger partial charge >= 0.3 is 0 Å². The zero-order chi connectivity index (χ0) is 18.6. The van der Waals surface area contributed by atoms with Crippen molar-refractivity contribution >= 4 is 16.9 Å². The van der Waals surface area contributed by atoms with Gasteiger partial charge in [-0.2, -0.15) is 0 Å². The smallest absolute Gasteiger partial charge is 0.252 e. The number of carbonyl (C=O) groups is 1. The summed E-state index contributed by atoms with van der Waals surface area (Å²) in [5.74, 6) is -0.0991. The van der Waals surface area contributed by atoms with Crippen LogP contribution in [0.5, 0.6) is 0 Å². The van der Waals surface area contributed by atoms with E-state index in [2.05, 4.69) is 44.5 Å². The lowest BCUT2D eigenvalue weighted by Crippen LogP contribution is -2.35. The van der Waals surface area contributed by atoms with Crippen molar-refractivity contribution < 1.29 is 9.90 Å². The summed E-state index contributed by atoms with van der Waals surface area (Å²) in [6.07, 6.45) is 5.00. The van der Waals surface area contributed by atoms with Crippen molar-refractivity contribution in [3.63, 3.8) is 0 Å². The molecule has 0 atom stereocenters. The first-order chi connectivity index (χ1) is 13.2. The summed E-state index contributed by atoms with van der Waals surface area (Å²) >= 11 is 0. The second-order valence-electron chi connectivity index (χ2n) is 7.10. The van der Waals surface area contributed by atoms with Crippen LogP contribution in [0.3, 0.4) is 0 Å². The van der Waals surface area contributed by atoms with E-state index in [9.17, 15) is 9.90 Å². The van der Waals surface area contributed by atoms with Crippen LogP contribution in [-0.4, -0.2) is 45.1 Å². The molecule has 1 aromatic carbocycles. The molecule has 1 amide bonds. The average Bonchev–Trinajstić information content (AvgIpc) is 3.18. The van der Waals surface area contributed by atoms with Gasteiger partial charge in [-0.05, 0) is 36.1 Å². The van der Waals surface area contributed by atoms with Crippen LogP contribution in [0.15, 0.2) is 48.8 Å². The van der Waals surface area contributed by atoms with Gasteiger partial charge in [0.2, 0.25) is 0 Å². The minimum absolute atomic E-state index is 0.0991. The van der Waals surface area contributed by atoms with E-state index in [1.165, 1.54) is 5.56 Å². The fourth-order valence-electron chi connectivity index (χ4n) is 3.53. The number of hydrogen-bond donors (Lipinski definition) is 3. The van der Waals surface area contributed by atoms with Crippen molar-refractivity contribution in [1.82, 2.24) is 20.2 Å². The number of benzene rings is 1. The number of aliphatic hydroxyl groups excluding tert-OH is 1. The number of aliphatic hydroxyl groups is 1. The minimum atomic E-state index is -0.139. The number of aromatic amines is 1. The normalized spacial score (nSPS) is 15.9. The summed E-state index contributed by atoms with van der Waals surface area (Å²) in [6.45, 7) is 3.28. The fourth-order valence-corrected chi connectivity index (χ4v) is 3.53. The fraction of sp³-hybridized carbons (Fsp3) is 0.333. The standard InChI is InChI=1S/C21H24N4O2/c26-17-7-11-25(12-8-17)14-16-3-1-15(2-4-16)13-24-21(27)19-6-10-23-20-18(19)5-9-22-20/h1-6,9-10,17,26H,7-8,11-14H2,(H,22,23)(H,24,27). The molecule has 6 heteroatoms. The summed E-state index contributed by atoms with van der Waals surface area (Å²) < 4.78 is 0. The molecule has 4 rings (SSSR count). The van der Waals surface area contributed by atoms with Crippen molar-refractivity contribution in [2.75, 3.05) is 13.1 Å². The molecule has 3 aromatic rings. The van der Waals surface area contributed by atoms with E-state index in [1.54, 1.807) is 18.5 Å². The van der Waals surface area contributed by atoms with Crippen molar-refractivity contribution in [2.45, 2.75) is 32.0 Å². The lowest BCUT2D eigenvalue weighted by Gasteiger charge is -2.29. The molecule has 0 spiro atoms. The van der Waals surface area contributed by atoms with E-state index in [-0.39, 0.29) is 12.0 Å². The predicted molar refractivity (Wildman–Crippen MR) is 104 cm³/mol. The molecule has 1 aliphatic heterocycles. The Morgan fingerprint density at radius 1 is 1.15 bits per heavy atom. The number of fused-ring (bicyclic) bond motifs is 1.